The van der Waals surface area contributed by atoms with E-state index >= 15 is 0 Å². The molecule has 1 heterocycles. The maximum Gasteiger partial charge on any atom is 0.253 e. The van der Waals surface area contributed by atoms with Crippen LogP contribution in [0.1, 0.15) is 36.0 Å². The van der Waals surface area contributed by atoms with Gasteiger partial charge in [-0.25, -0.2) is 13.1 Å². The lowest BCUT2D eigenvalue weighted by molar-refractivity contribution is 0.0714. The summed E-state index contributed by atoms with van der Waals surface area (Å²) in [6.07, 6.45) is 3.41. The first-order chi connectivity index (χ1) is 10.5. The van der Waals surface area contributed by atoms with Crippen LogP contribution in [0.4, 0.5) is 0 Å². The maximum atomic E-state index is 12.4. The third kappa shape index (κ3) is 4.44. The van der Waals surface area contributed by atoms with Crippen molar-refractivity contribution in [3.8, 4) is 0 Å². The molecule has 1 saturated heterocycles. The van der Waals surface area contributed by atoms with Gasteiger partial charge in [0, 0.05) is 30.7 Å². The van der Waals surface area contributed by atoms with Crippen molar-refractivity contribution in [2.24, 2.45) is 5.73 Å². The minimum absolute atomic E-state index is 0. The standard InChI is InChI=1S/C15H21N3O3S.ClH/c16-12-7-9-18(10-8-12)15(19)11-1-5-14(6-2-11)22(20,21)17-13-3-4-13;/h1-2,5-6,12-13,17H,3-4,7-10,16H2;1H. The third-order valence-corrected chi connectivity index (χ3v) is 5.67. The van der Waals surface area contributed by atoms with E-state index in [1.165, 1.54) is 12.1 Å². The molecule has 2 aliphatic rings. The van der Waals surface area contributed by atoms with Gasteiger partial charge in [0.2, 0.25) is 10.0 Å². The summed E-state index contributed by atoms with van der Waals surface area (Å²) in [4.78, 5) is 14.4. The van der Waals surface area contributed by atoms with E-state index in [-0.39, 0.29) is 35.3 Å². The van der Waals surface area contributed by atoms with Crippen LogP contribution in [0.25, 0.3) is 0 Å². The average molecular weight is 360 g/mol. The molecule has 1 aromatic carbocycles. The van der Waals surface area contributed by atoms with Gasteiger partial charge in [-0.1, -0.05) is 0 Å². The van der Waals surface area contributed by atoms with Crippen LogP contribution in [0.3, 0.4) is 0 Å². The Bertz CT molecular complexity index is 651. The van der Waals surface area contributed by atoms with Gasteiger partial charge in [0.15, 0.2) is 0 Å². The van der Waals surface area contributed by atoms with Gasteiger partial charge in [0.1, 0.15) is 0 Å². The van der Waals surface area contributed by atoms with Crippen molar-refractivity contribution in [2.75, 3.05) is 13.1 Å². The monoisotopic (exact) mass is 359 g/mol. The molecule has 0 atom stereocenters. The van der Waals surface area contributed by atoms with Crippen molar-refractivity contribution < 1.29 is 13.2 Å². The summed E-state index contributed by atoms with van der Waals surface area (Å²) >= 11 is 0. The first-order valence-electron chi connectivity index (χ1n) is 7.63. The molecule has 1 amide bonds. The van der Waals surface area contributed by atoms with Crippen molar-refractivity contribution in [3.63, 3.8) is 0 Å². The molecule has 1 aromatic rings. The van der Waals surface area contributed by atoms with Crippen LogP contribution in [0, 0.1) is 0 Å². The SMILES string of the molecule is Cl.NC1CCN(C(=O)c2ccc(S(=O)(=O)NC3CC3)cc2)CC1. The van der Waals surface area contributed by atoms with E-state index in [4.69, 9.17) is 5.73 Å². The molecule has 2 fully saturated rings. The smallest absolute Gasteiger partial charge is 0.253 e. The molecule has 1 saturated carbocycles. The molecule has 3 rings (SSSR count). The van der Waals surface area contributed by atoms with Crippen molar-refractivity contribution in [2.45, 2.75) is 42.7 Å². The Labute approximate surface area is 142 Å². The molecule has 0 radical (unpaired) electrons. The topological polar surface area (TPSA) is 92.5 Å². The highest BCUT2D eigenvalue weighted by Crippen LogP contribution is 2.22. The molecule has 1 aliphatic heterocycles. The summed E-state index contributed by atoms with van der Waals surface area (Å²) in [6, 6.07) is 6.40. The summed E-state index contributed by atoms with van der Waals surface area (Å²) in [5.74, 6) is -0.0639. The minimum Gasteiger partial charge on any atom is -0.339 e. The Kier molecular flexibility index (Phi) is 5.67. The quantitative estimate of drug-likeness (QED) is 0.842. The molecule has 6 nitrogen and oxygen atoms in total. The van der Waals surface area contributed by atoms with Gasteiger partial charge in [-0.05, 0) is 49.9 Å². The summed E-state index contributed by atoms with van der Waals surface area (Å²) in [7, 11) is -3.46. The molecular formula is C15H22ClN3O3S. The zero-order chi connectivity index (χ0) is 15.7. The van der Waals surface area contributed by atoms with Crippen molar-refractivity contribution in [1.82, 2.24) is 9.62 Å². The number of sulfonamides is 1. The van der Waals surface area contributed by atoms with Crippen molar-refractivity contribution >= 4 is 28.3 Å². The van der Waals surface area contributed by atoms with Crippen molar-refractivity contribution in [3.05, 3.63) is 29.8 Å². The molecule has 8 heteroatoms. The molecule has 0 spiro atoms. The van der Waals surface area contributed by atoms with E-state index in [1.807, 2.05) is 0 Å². The first kappa shape index (κ1) is 18.2. The van der Waals surface area contributed by atoms with E-state index in [0.717, 1.165) is 25.7 Å². The number of carbonyl (C=O) groups excluding carboxylic acids is 1. The first-order valence-corrected chi connectivity index (χ1v) is 9.11. The summed E-state index contributed by atoms with van der Waals surface area (Å²) in [6.45, 7) is 1.31. The Balaban J connectivity index is 0.00000192. The van der Waals surface area contributed by atoms with Gasteiger partial charge in [-0.2, -0.15) is 0 Å². The molecule has 3 N–H and O–H groups in total. The highest BCUT2D eigenvalue weighted by atomic mass is 35.5. The van der Waals surface area contributed by atoms with Gasteiger partial charge in [0.25, 0.3) is 5.91 Å². The van der Waals surface area contributed by atoms with E-state index < -0.39 is 10.0 Å². The number of benzene rings is 1. The molecule has 23 heavy (non-hydrogen) atoms. The number of carbonyl (C=O) groups is 1. The van der Waals surface area contributed by atoms with E-state index in [0.29, 0.717) is 18.7 Å². The normalized spacial score (nSPS) is 19.3. The maximum absolute atomic E-state index is 12.4. The second-order valence-electron chi connectivity index (χ2n) is 6.05. The van der Waals surface area contributed by atoms with Crippen LogP contribution in [0.2, 0.25) is 0 Å². The highest BCUT2D eigenvalue weighted by Gasteiger charge is 2.28. The van der Waals surface area contributed by atoms with Crippen LogP contribution in [-0.2, 0) is 10.0 Å². The van der Waals surface area contributed by atoms with Crippen LogP contribution in [0.15, 0.2) is 29.2 Å². The van der Waals surface area contributed by atoms with Crippen molar-refractivity contribution in [1.29, 1.82) is 0 Å². The Morgan fingerprint density at radius 2 is 1.65 bits per heavy atom. The zero-order valence-electron chi connectivity index (χ0n) is 12.8. The van der Waals surface area contributed by atoms with Gasteiger partial charge < -0.3 is 10.6 Å². The second kappa shape index (κ2) is 7.17. The van der Waals surface area contributed by atoms with Gasteiger partial charge in [-0.3, -0.25) is 4.79 Å². The molecule has 128 valence electrons. The lowest BCUT2D eigenvalue weighted by atomic mass is 10.1. The molecular weight excluding hydrogens is 338 g/mol. The van der Waals surface area contributed by atoms with Crippen LogP contribution in [0.5, 0.6) is 0 Å². The number of rotatable bonds is 4. The molecule has 0 aromatic heterocycles. The Morgan fingerprint density at radius 1 is 1.09 bits per heavy atom. The second-order valence-corrected chi connectivity index (χ2v) is 7.76. The fourth-order valence-corrected chi connectivity index (χ4v) is 3.86. The number of piperidine rings is 1. The Morgan fingerprint density at radius 3 is 2.17 bits per heavy atom. The lowest BCUT2D eigenvalue weighted by Crippen LogP contribution is -2.42. The summed E-state index contributed by atoms with van der Waals surface area (Å²) < 4.78 is 26.8. The fourth-order valence-electron chi connectivity index (χ4n) is 2.55. The third-order valence-electron chi connectivity index (χ3n) is 4.14. The highest BCUT2D eigenvalue weighted by molar-refractivity contribution is 7.89. The number of nitrogens with zero attached hydrogens (tertiary/aromatic N) is 1. The predicted molar refractivity (Wildman–Crippen MR) is 90.1 cm³/mol. The fraction of sp³-hybridized carbons (Fsp3) is 0.533. The van der Waals surface area contributed by atoms with E-state index in [2.05, 4.69) is 4.72 Å². The van der Waals surface area contributed by atoms with Gasteiger partial charge in [-0.15, -0.1) is 12.4 Å². The van der Waals surface area contributed by atoms with Crippen LogP contribution < -0.4 is 10.5 Å². The number of amides is 1. The number of likely N-dealkylation sites (tertiary alicyclic amines) is 1. The van der Waals surface area contributed by atoms with Crippen LogP contribution in [-0.4, -0.2) is 44.4 Å². The summed E-state index contributed by atoms with van der Waals surface area (Å²) in [5, 5.41) is 0. The minimum atomic E-state index is -3.46. The average Bonchev–Trinajstić information content (AvgIpc) is 3.31. The zero-order valence-corrected chi connectivity index (χ0v) is 14.4. The number of nitrogens with one attached hydrogen (secondary N) is 1. The predicted octanol–water partition coefficient (Wildman–Crippen LogP) is 1.11. The molecule has 1 aliphatic carbocycles. The lowest BCUT2D eigenvalue weighted by Gasteiger charge is -2.30. The van der Waals surface area contributed by atoms with E-state index in [1.54, 1.807) is 17.0 Å². The number of nitrogens with two attached hydrogens (primary N) is 1. The Hall–Kier alpha value is -1.15. The van der Waals surface area contributed by atoms with E-state index in [9.17, 15) is 13.2 Å². The number of halogens is 1. The summed E-state index contributed by atoms with van der Waals surface area (Å²) in [5.41, 5.74) is 6.35. The van der Waals surface area contributed by atoms with Gasteiger partial charge in [0.05, 0.1) is 4.90 Å². The largest absolute Gasteiger partial charge is 0.339 e. The van der Waals surface area contributed by atoms with Gasteiger partial charge >= 0.3 is 0 Å². The van der Waals surface area contributed by atoms with Crippen LogP contribution >= 0.6 is 12.4 Å². The number of hydrogen-bond donors (Lipinski definition) is 2. The molecule has 0 bridgehead atoms. The molecule has 0 unspecified atom stereocenters. The number of hydrogen-bond acceptors (Lipinski definition) is 4.